The summed E-state index contributed by atoms with van der Waals surface area (Å²) in [5, 5.41) is 2.89. The maximum absolute atomic E-state index is 12.3. The summed E-state index contributed by atoms with van der Waals surface area (Å²) in [6.07, 6.45) is 5.99. The first-order valence-corrected chi connectivity index (χ1v) is 8.31. The first-order valence-electron chi connectivity index (χ1n) is 8.31. The maximum Gasteiger partial charge on any atom is 0.248 e. The summed E-state index contributed by atoms with van der Waals surface area (Å²) >= 11 is 0. The molecule has 0 spiro atoms. The number of nitrogens with one attached hydrogen (secondary N) is 1. The van der Waals surface area contributed by atoms with Crippen LogP contribution in [0.2, 0.25) is 0 Å². The number of ether oxygens (including phenoxy) is 1. The average molecular weight is 324 g/mol. The fraction of sp³-hybridized carbons (Fsp3) is 0.350. The molecule has 1 aliphatic rings. The molecule has 1 aliphatic carbocycles. The van der Waals surface area contributed by atoms with Crippen LogP contribution in [0.4, 0.5) is 5.69 Å². The predicted octanol–water partition coefficient (Wildman–Crippen LogP) is 4.41. The van der Waals surface area contributed by atoms with Crippen LogP contribution in [0, 0.1) is 20.8 Å². The molecule has 4 nitrogen and oxygen atoms in total. The van der Waals surface area contributed by atoms with Gasteiger partial charge in [-0.05, 0) is 69.0 Å². The van der Waals surface area contributed by atoms with E-state index in [9.17, 15) is 4.79 Å². The molecule has 1 aromatic carbocycles. The Kier molecular flexibility index (Phi) is 4.47. The normalized spacial score (nSPS) is 14.2. The van der Waals surface area contributed by atoms with E-state index < -0.39 is 0 Å². The number of aryl methyl sites for hydroxylation is 2. The van der Waals surface area contributed by atoms with Gasteiger partial charge in [-0.1, -0.05) is 6.07 Å². The Balaban J connectivity index is 1.74. The summed E-state index contributed by atoms with van der Waals surface area (Å²) in [7, 11) is 1.60. The Morgan fingerprint density at radius 1 is 1.25 bits per heavy atom. The molecule has 1 N–H and O–H groups in total. The van der Waals surface area contributed by atoms with Crippen LogP contribution in [0.25, 0.3) is 6.08 Å². The van der Waals surface area contributed by atoms with Crippen molar-refractivity contribution in [2.45, 2.75) is 39.7 Å². The van der Waals surface area contributed by atoms with Crippen molar-refractivity contribution < 1.29 is 9.53 Å². The SMILES string of the molecule is COc1ccc(C)cc1NC(=O)/C=C/c1cc(C)n(C2CC2)c1C. The number of hydrogen-bond acceptors (Lipinski definition) is 2. The number of carbonyl (C=O) groups is 1. The topological polar surface area (TPSA) is 43.3 Å². The Hall–Kier alpha value is -2.49. The number of methoxy groups -OCH3 is 1. The van der Waals surface area contributed by atoms with E-state index in [0.29, 0.717) is 17.5 Å². The first-order chi connectivity index (χ1) is 11.5. The molecule has 0 radical (unpaired) electrons. The van der Waals surface area contributed by atoms with Crippen molar-refractivity contribution >= 4 is 17.7 Å². The number of aromatic nitrogens is 1. The molecule has 24 heavy (non-hydrogen) atoms. The van der Waals surface area contributed by atoms with E-state index in [1.54, 1.807) is 13.2 Å². The lowest BCUT2D eigenvalue weighted by atomic mass is 10.2. The molecule has 0 aliphatic heterocycles. The molecule has 1 aromatic heterocycles. The van der Waals surface area contributed by atoms with Crippen LogP contribution in [0.1, 0.15) is 41.4 Å². The third kappa shape index (κ3) is 3.37. The van der Waals surface area contributed by atoms with Crippen LogP contribution in [0.5, 0.6) is 5.75 Å². The number of benzene rings is 1. The molecule has 0 unspecified atom stereocenters. The molecule has 1 heterocycles. The van der Waals surface area contributed by atoms with Crippen LogP contribution in [-0.4, -0.2) is 17.6 Å². The minimum absolute atomic E-state index is 0.157. The maximum atomic E-state index is 12.3. The second-order valence-corrected chi connectivity index (χ2v) is 6.45. The Morgan fingerprint density at radius 2 is 2.00 bits per heavy atom. The Morgan fingerprint density at radius 3 is 2.67 bits per heavy atom. The summed E-state index contributed by atoms with van der Waals surface area (Å²) in [5.41, 5.74) is 5.35. The second-order valence-electron chi connectivity index (χ2n) is 6.45. The molecule has 4 heteroatoms. The lowest BCUT2D eigenvalue weighted by molar-refractivity contribution is -0.111. The van der Waals surface area contributed by atoms with E-state index in [2.05, 4.69) is 29.8 Å². The van der Waals surface area contributed by atoms with E-state index in [1.807, 2.05) is 31.2 Å². The predicted molar refractivity (Wildman–Crippen MR) is 97.6 cm³/mol. The van der Waals surface area contributed by atoms with E-state index in [-0.39, 0.29) is 5.91 Å². The highest BCUT2D eigenvalue weighted by Crippen LogP contribution is 2.38. The Labute approximate surface area is 143 Å². The number of amides is 1. The fourth-order valence-electron chi connectivity index (χ4n) is 3.13. The smallest absolute Gasteiger partial charge is 0.248 e. The monoisotopic (exact) mass is 324 g/mol. The lowest BCUT2D eigenvalue weighted by Crippen LogP contribution is -2.09. The van der Waals surface area contributed by atoms with Gasteiger partial charge in [0.15, 0.2) is 0 Å². The van der Waals surface area contributed by atoms with E-state index in [0.717, 1.165) is 11.1 Å². The number of rotatable bonds is 5. The molecule has 1 saturated carbocycles. The summed E-state index contributed by atoms with van der Waals surface area (Å²) in [6.45, 7) is 6.23. The van der Waals surface area contributed by atoms with Gasteiger partial charge in [-0.25, -0.2) is 0 Å². The van der Waals surface area contributed by atoms with Crippen molar-refractivity contribution in [2.24, 2.45) is 0 Å². The highest BCUT2D eigenvalue weighted by Gasteiger charge is 2.26. The fourth-order valence-corrected chi connectivity index (χ4v) is 3.13. The standard InChI is InChI=1S/C20H24N2O2/c1-13-5-9-19(24-4)18(11-13)21-20(23)10-6-16-12-14(2)22(15(16)3)17-7-8-17/h5-6,9-12,17H,7-8H2,1-4H3,(H,21,23)/b10-6+. The van der Waals surface area contributed by atoms with Gasteiger partial charge >= 0.3 is 0 Å². The van der Waals surface area contributed by atoms with E-state index in [4.69, 9.17) is 4.74 Å². The third-order valence-electron chi connectivity index (χ3n) is 4.46. The minimum Gasteiger partial charge on any atom is -0.495 e. The highest BCUT2D eigenvalue weighted by molar-refractivity contribution is 6.02. The third-order valence-corrected chi connectivity index (χ3v) is 4.46. The molecule has 0 atom stereocenters. The number of nitrogens with zero attached hydrogens (tertiary/aromatic N) is 1. The average Bonchev–Trinajstić information content (AvgIpc) is 3.32. The van der Waals surface area contributed by atoms with Gasteiger partial charge in [0, 0.05) is 23.5 Å². The highest BCUT2D eigenvalue weighted by atomic mass is 16.5. The summed E-state index contributed by atoms with van der Waals surface area (Å²) < 4.78 is 7.67. The van der Waals surface area contributed by atoms with Crippen LogP contribution in [-0.2, 0) is 4.79 Å². The van der Waals surface area contributed by atoms with Gasteiger partial charge in [0.2, 0.25) is 5.91 Å². The Bertz CT molecular complexity index is 798. The zero-order valence-electron chi connectivity index (χ0n) is 14.7. The van der Waals surface area contributed by atoms with Gasteiger partial charge in [-0.2, -0.15) is 0 Å². The van der Waals surface area contributed by atoms with Crippen LogP contribution in [0.15, 0.2) is 30.3 Å². The van der Waals surface area contributed by atoms with Gasteiger partial charge in [-0.15, -0.1) is 0 Å². The molecule has 3 rings (SSSR count). The van der Waals surface area contributed by atoms with Gasteiger partial charge < -0.3 is 14.6 Å². The van der Waals surface area contributed by atoms with Crippen LogP contribution < -0.4 is 10.1 Å². The molecule has 1 fully saturated rings. The zero-order valence-corrected chi connectivity index (χ0v) is 14.7. The van der Waals surface area contributed by atoms with Gasteiger partial charge in [-0.3, -0.25) is 4.79 Å². The molecular weight excluding hydrogens is 300 g/mol. The van der Waals surface area contributed by atoms with Gasteiger partial charge in [0.1, 0.15) is 5.75 Å². The molecule has 126 valence electrons. The number of hydrogen-bond donors (Lipinski definition) is 1. The van der Waals surface area contributed by atoms with Crippen LogP contribution >= 0.6 is 0 Å². The quantitative estimate of drug-likeness (QED) is 0.828. The molecule has 2 aromatic rings. The first kappa shape index (κ1) is 16.4. The van der Waals surface area contributed by atoms with E-state index >= 15 is 0 Å². The van der Waals surface area contributed by atoms with E-state index in [1.165, 1.54) is 24.2 Å². The minimum atomic E-state index is -0.157. The van der Waals surface area contributed by atoms with Crippen molar-refractivity contribution in [1.29, 1.82) is 0 Å². The number of carbonyl (C=O) groups excluding carboxylic acids is 1. The molecular formula is C20H24N2O2. The molecule has 0 saturated heterocycles. The van der Waals surface area contributed by atoms with Gasteiger partial charge in [0.25, 0.3) is 0 Å². The van der Waals surface area contributed by atoms with Crippen LogP contribution in [0.3, 0.4) is 0 Å². The largest absolute Gasteiger partial charge is 0.495 e. The van der Waals surface area contributed by atoms with Gasteiger partial charge in [0.05, 0.1) is 12.8 Å². The van der Waals surface area contributed by atoms with Crippen molar-refractivity contribution in [3.63, 3.8) is 0 Å². The summed E-state index contributed by atoms with van der Waals surface area (Å²) in [4.78, 5) is 12.3. The van der Waals surface area contributed by atoms with Crippen molar-refractivity contribution in [3.05, 3.63) is 52.9 Å². The summed E-state index contributed by atoms with van der Waals surface area (Å²) in [5.74, 6) is 0.504. The second kappa shape index (κ2) is 6.56. The summed E-state index contributed by atoms with van der Waals surface area (Å²) in [6, 6.07) is 8.51. The van der Waals surface area contributed by atoms with Crippen molar-refractivity contribution in [3.8, 4) is 5.75 Å². The zero-order chi connectivity index (χ0) is 17.3. The lowest BCUT2D eigenvalue weighted by Gasteiger charge is -2.09. The molecule has 0 bridgehead atoms. The van der Waals surface area contributed by atoms with Crippen molar-refractivity contribution in [2.75, 3.05) is 12.4 Å². The molecule has 1 amide bonds. The number of anilines is 1. The van der Waals surface area contributed by atoms with Crippen molar-refractivity contribution in [1.82, 2.24) is 4.57 Å².